The number of carboxylic acid groups (broad SMARTS) is 2. The molecule has 0 saturated heterocycles. The maximum atomic E-state index is 12.9. The number of benzene rings is 2. The molecule has 2 heterocycles. The van der Waals surface area contributed by atoms with Gasteiger partial charge in [-0.15, -0.1) is 4.31 Å². The number of amides is 4. The molecule has 22 nitrogen and oxygen atoms in total. The van der Waals surface area contributed by atoms with Crippen LogP contribution in [0.5, 0.6) is 23.5 Å². The Morgan fingerprint density at radius 1 is 0.617 bits per heavy atom. The third kappa shape index (κ3) is 13.1. The Morgan fingerprint density at radius 3 is 1.37 bits per heavy atom. The maximum Gasteiger partial charge on any atom is 0.388 e. The van der Waals surface area contributed by atoms with E-state index in [1.54, 1.807) is 5.32 Å². The Hall–Kier alpha value is -7.38. The molecular formula is C28H20F8N8O14S2. The smallest absolute Gasteiger partial charge is 0.388 e. The predicted octanol–water partition coefficient (Wildman–Crippen LogP) is 3.54. The van der Waals surface area contributed by atoms with Crippen molar-refractivity contribution in [1.82, 2.24) is 24.7 Å². The number of aromatic carboxylic acids is 2. The van der Waals surface area contributed by atoms with Crippen LogP contribution in [0.1, 0.15) is 20.7 Å². The summed E-state index contributed by atoms with van der Waals surface area (Å²) in [5.41, 5.74) is 3.59. The molecule has 32 heteroatoms. The molecule has 0 aliphatic carbocycles. The summed E-state index contributed by atoms with van der Waals surface area (Å²) in [7, 11) is -9.87. The van der Waals surface area contributed by atoms with Gasteiger partial charge in [-0.3, -0.25) is 5.32 Å². The number of nitrogens with one attached hydrogen (secondary N) is 2. The minimum absolute atomic E-state index is 0.374. The van der Waals surface area contributed by atoms with Crippen LogP contribution < -0.4 is 39.0 Å². The van der Waals surface area contributed by atoms with Gasteiger partial charge in [-0.2, -0.15) is 55.1 Å². The second-order valence-electron chi connectivity index (χ2n) is 10.00. The number of rotatable bonds is 16. The molecule has 0 aliphatic rings. The minimum atomic E-state index is -5.15. The van der Waals surface area contributed by atoms with Gasteiger partial charge >= 0.3 is 50.4 Å². The molecule has 324 valence electrons. The van der Waals surface area contributed by atoms with Crippen LogP contribution in [0.25, 0.3) is 0 Å². The van der Waals surface area contributed by atoms with Crippen LogP contribution in [0.4, 0.5) is 56.6 Å². The van der Waals surface area contributed by atoms with Crippen LogP contribution in [0.2, 0.25) is 0 Å². The van der Waals surface area contributed by atoms with Gasteiger partial charge < -0.3 is 34.9 Å². The number of ether oxygens (including phenoxy) is 4. The number of hydrogen-bond acceptors (Lipinski definition) is 16. The lowest BCUT2D eigenvalue weighted by atomic mass is 10.2. The van der Waals surface area contributed by atoms with Crippen molar-refractivity contribution in [2.45, 2.75) is 36.2 Å². The molecule has 4 aromatic rings. The van der Waals surface area contributed by atoms with Gasteiger partial charge in [0.1, 0.15) is 9.79 Å². The zero-order valence-electron chi connectivity index (χ0n) is 28.5. The molecule has 4 rings (SSSR count). The first-order valence-electron chi connectivity index (χ1n) is 14.8. The van der Waals surface area contributed by atoms with Crippen molar-refractivity contribution in [2.75, 3.05) is 9.62 Å². The van der Waals surface area contributed by atoms with Crippen molar-refractivity contribution < 1.29 is 100 Å². The SMILES string of the molecule is NC(=O)N(c1nc(OC(F)F)cc(OC(F)F)n1)S(=O)(=O)c1ccccc1C(=O)O.O=C(Nc1nc(OC(F)F)cc(OC(F)F)n1)NS(=O)(=O)c1ccccc1C(=O)O. The summed E-state index contributed by atoms with van der Waals surface area (Å²) in [4.78, 5) is 57.5. The lowest BCUT2D eigenvalue weighted by molar-refractivity contribution is -0.0594. The number of carbonyl (C=O) groups is 4. The van der Waals surface area contributed by atoms with E-state index in [1.165, 1.54) is 22.9 Å². The highest BCUT2D eigenvalue weighted by Gasteiger charge is 2.36. The number of carbonyl (C=O) groups excluding carboxylic acids is 2. The lowest BCUT2D eigenvalue weighted by Crippen LogP contribution is -2.42. The Kier molecular flexibility index (Phi) is 15.6. The molecule has 0 unspecified atom stereocenters. The van der Waals surface area contributed by atoms with E-state index in [0.29, 0.717) is 12.1 Å². The number of anilines is 2. The zero-order valence-corrected chi connectivity index (χ0v) is 30.2. The molecule has 4 amide bonds. The number of alkyl halides is 8. The number of nitrogens with zero attached hydrogens (tertiary/aromatic N) is 5. The highest BCUT2D eigenvalue weighted by Crippen LogP contribution is 2.29. The molecule has 0 aliphatic heterocycles. The van der Waals surface area contributed by atoms with E-state index in [2.05, 4.69) is 38.9 Å². The van der Waals surface area contributed by atoms with Crippen molar-refractivity contribution in [3.8, 4) is 23.5 Å². The summed E-state index contributed by atoms with van der Waals surface area (Å²) in [6, 6.07) is 5.76. The molecule has 0 radical (unpaired) electrons. The number of aromatic nitrogens is 4. The van der Waals surface area contributed by atoms with E-state index in [0.717, 1.165) is 30.3 Å². The van der Waals surface area contributed by atoms with Crippen molar-refractivity contribution in [2.24, 2.45) is 5.73 Å². The predicted molar refractivity (Wildman–Crippen MR) is 176 cm³/mol. The zero-order chi connectivity index (χ0) is 45.1. The summed E-state index contributed by atoms with van der Waals surface area (Å²) < 4.78 is 166. The normalized spacial score (nSPS) is 11.3. The van der Waals surface area contributed by atoms with Crippen molar-refractivity contribution >= 4 is 55.9 Å². The van der Waals surface area contributed by atoms with Gasteiger partial charge in [0.25, 0.3) is 26.0 Å². The number of nitrogens with two attached hydrogens (primary N) is 1. The molecule has 0 saturated carbocycles. The largest absolute Gasteiger partial charge is 0.478 e. The molecule has 2 aromatic heterocycles. The molecule has 0 atom stereocenters. The van der Waals surface area contributed by atoms with Gasteiger partial charge in [0.05, 0.1) is 23.3 Å². The molecule has 0 fully saturated rings. The molecule has 0 bridgehead atoms. The Bertz CT molecular complexity index is 2400. The van der Waals surface area contributed by atoms with Crippen LogP contribution in [-0.4, -0.2) is 97.4 Å². The molecule has 0 spiro atoms. The third-order valence-corrected chi connectivity index (χ3v) is 9.19. The first-order valence-corrected chi connectivity index (χ1v) is 17.7. The summed E-state index contributed by atoms with van der Waals surface area (Å²) in [6.07, 6.45) is 0. The van der Waals surface area contributed by atoms with E-state index in [9.17, 15) is 71.1 Å². The minimum Gasteiger partial charge on any atom is -0.478 e. The highest BCUT2D eigenvalue weighted by atomic mass is 32.2. The van der Waals surface area contributed by atoms with Gasteiger partial charge in [-0.05, 0) is 24.3 Å². The van der Waals surface area contributed by atoms with Gasteiger partial charge in [-0.1, -0.05) is 24.3 Å². The van der Waals surface area contributed by atoms with Gasteiger partial charge in [0, 0.05) is 0 Å². The van der Waals surface area contributed by atoms with Crippen LogP contribution >= 0.6 is 0 Å². The number of carboxylic acids is 2. The summed E-state index contributed by atoms with van der Waals surface area (Å²) in [6.45, 7) is -13.8. The second kappa shape index (κ2) is 19.9. The van der Waals surface area contributed by atoms with Gasteiger partial charge in [0.2, 0.25) is 29.5 Å². The topological polar surface area (TPSA) is 319 Å². The maximum absolute atomic E-state index is 12.9. The number of halogens is 8. The van der Waals surface area contributed by atoms with E-state index in [4.69, 9.17) is 15.9 Å². The fraction of sp³-hybridized carbons (Fsp3) is 0.143. The molecule has 2 aromatic carbocycles. The van der Waals surface area contributed by atoms with Crippen molar-refractivity contribution in [1.29, 1.82) is 0 Å². The van der Waals surface area contributed by atoms with Crippen LogP contribution in [0, 0.1) is 0 Å². The number of sulfonamides is 2. The number of hydrogen-bond donors (Lipinski definition) is 5. The van der Waals surface area contributed by atoms with Crippen LogP contribution in [-0.2, 0) is 20.0 Å². The Labute approximate surface area is 327 Å². The molecular weight excluding hydrogens is 888 g/mol. The first-order chi connectivity index (χ1) is 27.9. The Balaban J connectivity index is 0.000000320. The summed E-state index contributed by atoms with van der Waals surface area (Å²) in [5.74, 6) is -9.74. The first kappa shape index (κ1) is 47.0. The fourth-order valence-electron chi connectivity index (χ4n) is 4.02. The van der Waals surface area contributed by atoms with E-state index in [1.807, 2.05) is 0 Å². The average molecular weight is 909 g/mol. The standard InChI is InChI=1S/2C14H10F4N4O7S/c15-11(16)28-8-5-9(29-12(17)18)21-14(20-8)22(13(19)25)30(26,27)7-4-2-1-3-6(7)10(23)24;15-11(16)28-8-5-9(29-12(17)18)20-13(19-8)21-14(25)22-30(26,27)7-4-2-1-3-6(7)10(23)24/h1-5,11-12H,(H2,19,25)(H,23,24);1-5,11-12H,(H,23,24)(H2,19,20,21,22,25). The Morgan fingerprint density at radius 2 is 0.983 bits per heavy atom. The lowest BCUT2D eigenvalue weighted by Gasteiger charge is -2.20. The third-order valence-electron chi connectivity index (χ3n) is 6.06. The van der Waals surface area contributed by atoms with Crippen LogP contribution in [0.15, 0.2) is 70.5 Å². The summed E-state index contributed by atoms with van der Waals surface area (Å²) in [5, 5.41) is 19.9. The number of urea groups is 2. The van der Waals surface area contributed by atoms with Crippen molar-refractivity contribution in [3.63, 3.8) is 0 Å². The highest BCUT2D eigenvalue weighted by molar-refractivity contribution is 7.93. The van der Waals surface area contributed by atoms with E-state index < -0.39 is 127 Å². The van der Waals surface area contributed by atoms with Gasteiger partial charge in [0.15, 0.2) is 0 Å². The molecule has 6 N–H and O–H groups in total. The van der Waals surface area contributed by atoms with Crippen LogP contribution in [0.3, 0.4) is 0 Å². The van der Waals surface area contributed by atoms with Crippen molar-refractivity contribution in [3.05, 3.63) is 71.8 Å². The average Bonchev–Trinajstić information content (AvgIpc) is 3.10. The van der Waals surface area contributed by atoms with E-state index in [-0.39, 0.29) is 4.31 Å². The second-order valence-corrected chi connectivity index (χ2v) is 13.4. The molecule has 60 heavy (non-hydrogen) atoms. The monoisotopic (exact) mass is 908 g/mol. The number of primary amides is 1. The van der Waals surface area contributed by atoms with E-state index >= 15 is 0 Å². The fourth-order valence-corrected chi connectivity index (χ4v) is 6.54. The summed E-state index contributed by atoms with van der Waals surface area (Å²) >= 11 is 0. The quantitative estimate of drug-likeness (QED) is 0.100. The van der Waals surface area contributed by atoms with Gasteiger partial charge in [-0.25, -0.2) is 40.7 Å².